The fraction of sp³-hybridized carbons (Fsp3) is 0.923. The van der Waals surface area contributed by atoms with Gasteiger partial charge in [-0.25, -0.2) is 0 Å². The van der Waals surface area contributed by atoms with Gasteiger partial charge in [0.05, 0.1) is 6.10 Å². The largest absolute Gasteiger partial charge is 0.378 e. The molecular weight excluding hydrogens is 188 g/mol. The lowest BCUT2D eigenvalue weighted by Crippen LogP contribution is -2.23. The molecule has 0 radical (unpaired) electrons. The lowest BCUT2D eigenvalue weighted by molar-refractivity contribution is -0.117. The van der Waals surface area contributed by atoms with E-state index in [-0.39, 0.29) is 5.78 Å². The topological polar surface area (TPSA) is 26.3 Å². The molecule has 0 bridgehead atoms. The van der Waals surface area contributed by atoms with Crippen molar-refractivity contribution in [1.29, 1.82) is 0 Å². The molecule has 2 atom stereocenters. The fourth-order valence-corrected chi connectivity index (χ4v) is 2.33. The van der Waals surface area contributed by atoms with E-state index in [1.165, 1.54) is 32.1 Å². The fourth-order valence-electron chi connectivity index (χ4n) is 2.33. The van der Waals surface area contributed by atoms with Crippen LogP contribution in [0.1, 0.15) is 58.8 Å². The van der Waals surface area contributed by atoms with Crippen molar-refractivity contribution in [3.8, 4) is 0 Å². The van der Waals surface area contributed by atoms with Crippen LogP contribution in [0.25, 0.3) is 0 Å². The molecule has 1 aliphatic rings. The van der Waals surface area contributed by atoms with Crippen molar-refractivity contribution >= 4 is 5.78 Å². The molecule has 0 heterocycles. The Balaban J connectivity index is 2.07. The molecule has 1 aliphatic carbocycles. The molecule has 0 aromatic carbocycles. The quantitative estimate of drug-likeness (QED) is 0.631. The van der Waals surface area contributed by atoms with Gasteiger partial charge in [0.25, 0.3) is 0 Å². The van der Waals surface area contributed by atoms with Crippen LogP contribution in [0, 0.1) is 5.92 Å². The number of hydrogen-bond donors (Lipinski definition) is 0. The Morgan fingerprint density at radius 2 is 2.20 bits per heavy atom. The van der Waals surface area contributed by atoms with E-state index < -0.39 is 0 Å². The van der Waals surface area contributed by atoms with E-state index >= 15 is 0 Å². The minimum absolute atomic E-state index is 0.272. The number of hydrogen-bond acceptors (Lipinski definition) is 2. The maximum absolute atomic E-state index is 10.7. The molecule has 0 aliphatic heterocycles. The monoisotopic (exact) mass is 212 g/mol. The van der Waals surface area contributed by atoms with E-state index in [0.717, 1.165) is 18.9 Å². The van der Waals surface area contributed by atoms with Gasteiger partial charge in [0.15, 0.2) is 0 Å². The minimum Gasteiger partial charge on any atom is -0.378 e. The number of Topliss-reactive ketones (excluding diaryl/α,β-unsaturated/α-hetero) is 1. The molecule has 2 unspecified atom stereocenters. The van der Waals surface area contributed by atoms with Crippen LogP contribution in [0.3, 0.4) is 0 Å². The average Bonchev–Trinajstić information content (AvgIpc) is 2.24. The van der Waals surface area contributed by atoms with Crippen molar-refractivity contribution in [2.24, 2.45) is 5.92 Å². The van der Waals surface area contributed by atoms with Gasteiger partial charge in [-0.2, -0.15) is 0 Å². The zero-order valence-electron chi connectivity index (χ0n) is 10.1. The summed E-state index contributed by atoms with van der Waals surface area (Å²) >= 11 is 0. The molecule has 0 amide bonds. The Bertz CT molecular complexity index is 189. The van der Waals surface area contributed by atoms with Crippen molar-refractivity contribution in [1.82, 2.24) is 0 Å². The highest BCUT2D eigenvalue weighted by Gasteiger charge is 2.20. The Kier molecular flexibility index (Phi) is 5.92. The van der Waals surface area contributed by atoms with Crippen molar-refractivity contribution in [2.45, 2.75) is 64.9 Å². The lowest BCUT2D eigenvalue weighted by atomic mass is 9.85. The van der Waals surface area contributed by atoms with Crippen LogP contribution in [0.2, 0.25) is 0 Å². The summed E-state index contributed by atoms with van der Waals surface area (Å²) in [6.45, 7) is 4.68. The first kappa shape index (κ1) is 12.7. The molecule has 0 aromatic rings. The lowest BCUT2D eigenvalue weighted by Gasteiger charge is -2.28. The first-order valence-electron chi connectivity index (χ1n) is 6.33. The van der Waals surface area contributed by atoms with Gasteiger partial charge in [0.2, 0.25) is 0 Å². The van der Waals surface area contributed by atoms with Crippen LogP contribution in [-0.4, -0.2) is 18.5 Å². The molecule has 0 saturated heterocycles. The summed E-state index contributed by atoms with van der Waals surface area (Å²) in [5.74, 6) is 1.14. The molecule has 2 nitrogen and oxygen atoms in total. The van der Waals surface area contributed by atoms with E-state index in [2.05, 4.69) is 6.92 Å². The first-order valence-corrected chi connectivity index (χ1v) is 6.33. The van der Waals surface area contributed by atoms with E-state index in [0.29, 0.717) is 12.5 Å². The van der Waals surface area contributed by atoms with Crippen molar-refractivity contribution in [3.05, 3.63) is 0 Å². The van der Waals surface area contributed by atoms with Crippen LogP contribution in [-0.2, 0) is 9.53 Å². The summed E-state index contributed by atoms with van der Waals surface area (Å²) < 4.78 is 5.81. The second-order valence-electron chi connectivity index (χ2n) is 4.74. The van der Waals surface area contributed by atoms with Crippen LogP contribution >= 0.6 is 0 Å². The summed E-state index contributed by atoms with van der Waals surface area (Å²) in [5.41, 5.74) is 0. The molecule has 0 N–H and O–H groups in total. The molecular formula is C13H24O2. The van der Waals surface area contributed by atoms with Gasteiger partial charge in [0.1, 0.15) is 5.78 Å². The van der Waals surface area contributed by atoms with Crippen molar-refractivity contribution in [3.63, 3.8) is 0 Å². The number of carbonyl (C=O) groups excluding carboxylic acids is 1. The third-order valence-corrected chi connectivity index (χ3v) is 3.34. The summed E-state index contributed by atoms with van der Waals surface area (Å²) in [6, 6.07) is 0. The van der Waals surface area contributed by atoms with E-state index in [1.54, 1.807) is 6.92 Å². The van der Waals surface area contributed by atoms with E-state index in [4.69, 9.17) is 4.74 Å². The zero-order valence-corrected chi connectivity index (χ0v) is 10.1. The predicted octanol–water partition coefficient (Wildman–Crippen LogP) is 3.34. The van der Waals surface area contributed by atoms with E-state index in [1.807, 2.05) is 0 Å². The van der Waals surface area contributed by atoms with Crippen LogP contribution in [0.5, 0.6) is 0 Å². The number of carbonyl (C=O) groups is 1. The standard InChI is InChI=1S/C13H24O2/c1-3-12-7-4-8-13(10-12)15-9-5-6-11(2)14/h12-13H,3-10H2,1-2H3. The zero-order chi connectivity index (χ0) is 11.1. The molecule has 88 valence electrons. The molecule has 2 heteroatoms. The second kappa shape index (κ2) is 7.00. The Morgan fingerprint density at radius 1 is 1.40 bits per heavy atom. The Labute approximate surface area is 93.4 Å². The van der Waals surface area contributed by atoms with Crippen LogP contribution < -0.4 is 0 Å². The van der Waals surface area contributed by atoms with Gasteiger partial charge < -0.3 is 9.53 Å². The second-order valence-corrected chi connectivity index (χ2v) is 4.74. The smallest absolute Gasteiger partial charge is 0.129 e. The molecule has 1 saturated carbocycles. The molecule has 0 aromatic heterocycles. The molecule has 15 heavy (non-hydrogen) atoms. The van der Waals surface area contributed by atoms with E-state index in [9.17, 15) is 4.79 Å². The average molecular weight is 212 g/mol. The maximum atomic E-state index is 10.7. The van der Waals surface area contributed by atoms with Gasteiger partial charge in [-0.15, -0.1) is 0 Å². The molecule has 0 spiro atoms. The van der Waals surface area contributed by atoms with Gasteiger partial charge >= 0.3 is 0 Å². The van der Waals surface area contributed by atoms with Crippen molar-refractivity contribution < 1.29 is 9.53 Å². The molecule has 1 rings (SSSR count). The minimum atomic E-state index is 0.272. The number of rotatable bonds is 6. The highest BCUT2D eigenvalue weighted by Crippen LogP contribution is 2.28. The van der Waals surface area contributed by atoms with Gasteiger partial charge in [0, 0.05) is 13.0 Å². The Hall–Kier alpha value is -0.370. The Morgan fingerprint density at radius 3 is 2.87 bits per heavy atom. The normalized spacial score (nSPS) is 26.5. The third kappa shape index (κ3) is 5.31. The molecule has 1 fully saturated rings. The van der Waals surface area contributed by atoms with Crippen LogP contribution in [0.4, 0.5) is 0 Å². The van der Waals surface area contributed by atoms with Gasteiger partial charge in [-0.3, -0.25) is 0 Å². The SMILES string of the molecule is CCC1CCCC(OCCCC(C)=O)C1. The number of ketones is 1. The summed E-state index contributed by atoms with van der Waals surface area (Å²) in [4.78, 5) is 10.7. The van der Waals surface area contributed by atoms with Crippen molar-refractivity contribution in [2.75, 3.05) is 6.61 Å². The van der Waals surface area contributed by atoms with Gasteiger partial charge in [-0.1, -0.05) is 26.2 Å². The van der Waals surface area contributed by atoms with Crippen LogP contribution in [0.15, 0.2) is 0 Å². The summed E-state index contributed by atoms with van der Waals surface area (Å²) in [6.07, 6.45) is 8.46. The maximum Gasteiger partial charge on any atom is 0.129 e. The van der Waals surface area contributed by atoms with Gasteiger partial charge in [-0.05, 0) is 32.1 Å². The highest BCUT2D eigenvalue weighted by molar-refractivity contribution is 5.75. The summed E-state index contributed by atoms with van der Waals surface area (Å²) in [5, 5.41) is 0. The number of ether oxygens (including phenoxy) is 1. The summed E-state index contributed by atoms with van der Waals surface area (Å²) in [7, 11) is 0. The highest BCUT2D eigenvalue weighted by atomic mass is 16.5. The third-order valence-electron chi connectivity index (χ3n) is 3.34. The predicted molar refractivity (Wildman–Crippen MR) is 61.9 cm³/mol. The first-order chi connectivity index (χ1) is 7.22.